The number of hydrogen-bond acceptors (Lipinski definition) is 10. The topological polar surface area (TPSA) is 163 Å². The molecule has 10 nitrogen and oxygen atoms in total. The van der Waals surface area contributed by atoms with Crippen LogP contribution in [0.2, 0.25) is 0 Å². The van der Waals surface area contributed by atoms with E-state index in [4.69, 9.17) is 0 Å². The maximum absolute atomic E-state index is 12.0. The van der Waals surface area contributed by atoms with Gasteiger partial charge in [-0.3, -0.25) is 0 Å². The molecule has 0 amide bonds. The second-order valence-electron chi connectivity index (χ2n) is 21.1. The van der Waals surface area contributed by atoms with E-state index in [-0.39, 0.29) is 50.6 Å². The van der Waals surface area contributed by atoms with Crippen LogP contribution in [0.15, 0.2) is 48.5 Å². The first-order valence-electron chi connectivity index (χ1n) is 29.2. The number of hydrogen-bond donors (Lipinski definition) is 4. The standard InChI is InChI=1S/2C29H52N2O3S.Ca/c2*1-2-3-4-5-6-7-8-9-10-11-12-13-14-15-16-17-18-19-20-23-26-29(35(32,33)34)30-27-24-21-22-25-28(27)31-29;/h2*21-22,24-25,30-31H,2-20,23,26H2,1H3,(H,32,33,34);/q;;+2/p-2. The molecule has 4 N–H and O–H groups in total. The summed E-state index contributed by atoms with van der Waals surface area (Å²) in [6.45, 7) is 4.56. The van der Waals surface area contributed by atoms with Crippen molar-refractivity contribution < 1.29 is 25.9 Å². The van der Waals surface area contributed by atoms with Crippen molar-refractivity contribution in [1.29, 1.82) is 0 Å². The molecule has 0 spiro atoms. The van der Waals surface area contributed by atoms with Gasteiger partial charge in [-0.25, -0.2) is 16.8 Å². The summed E-state index contributed by atoms with van der Waals surface area (Å²) in [7, 11) is -9.06. The number of fused-ring (bicyclic) bond motifs is 2. The van der Waals surface area contributed by atoms with Crippen LogP contribution < -0.4 is 21.3 Å². The molecule has 404 valence electrons. The first kappa shape index (κ1) is 65.8. The summed E-state index contributed by atoms with van der Waals surface area (Å²) < 4.78 is 71.9. The third-order valence-corrected chi connectivity index (χ3v) is 17.3. The monoisotopic (exact) mass is 1050 g/mol. The molecule has 0 fully saturated rings. The van der Waals surface area contributed by atoms with E-state index in [0.29, 0.717) is 35.6 Å². The van der Waals surface area contributed by atoms with Crippen LogP contribution in [0.25, 0.3) is 0 Å². The Hall–Kier alpha value is -1.28. The van der Waals surface area contributed by atoms with Gasteiger partial charge in [-0.2, -0.15) is 0 Å². The molecule has 2 aromatic rings. The molecule has 71 heavy (non-hydrogen) atoms. The van der Waals surface area contributed by atoms with Crippen molar-refractivity contribution in [2.24, 2.45) is 0 Å². The van der Waals surface area contributed by atoms with Crippen LogP contribution in [0.1, 0.15) is 284 Å². The maximum Gasteiger partial charge on any atom is 2.00 e. The third kappa shape index (κ3) is 27.9. The molecule has 0 radical (unpaired) electrons. The van der Waals surface area contributed by atoms with E-state index >= 15 is 0 Å². The van der Waals surface area contributed by atoms with Crippen molar-refractivity contribution >= 4 is 80.7 Å². The minimum absolute atomic E-state index is 0. The van der Waals surface area contributed by atoms with Crippen molar-refractivity contribution in [1.82, 2.24) is 0 Å². The van der Waals surface area contributed by atoms with Crippen LogP contribution in [0.5, 0.6) is 0 Å². The number of para-hydroxylation sites is 4. The van der Waals surface area contributed by atoms with E-state index in [2.05, 4.69) is 35.1 Å². The summed E-state index contributed by atoms with van der Waals surface area (Å²) in [6.07, 6.45) is 52.9. The molecule has 2 heterocycles. The van der Waals surface area contributed by atoms with Gasteiger partial charge in [0.15, 0.2) is 0 Å². The fourth-order valence-electron chi connectivity index (χ4n) is 10.3. The summed E-state index contributed by atoms with van der Waals surface area (Å²) in [5, 5.41) is 11.7. The van der Waals surface area contributed by atoms with Crippen molar-refractivity contribution in [3.05, 3.63) is 48.5 Å². The largest absolute Gasteiger partial charge is 2.00 e. The van der Waals surface area contributed by atoms with Gasteiger partial charge in [-0.15, -0.1) is 0 Å². The first-order valence-corrected chi connectivity index (χ1v) is 32.0. The summed E-state index contributed by atoms with van der Waals surface area (Å²) >= 11 is 0. The molecule has 4 rings (SSSR count). The number of rotatable bonds is 44. The smallest absolute Gasteiger partial charge is 0.745 e. The summed E-state index contributed by atoms with van der Waals surface area (Å²) in [5.41, 5.74) is 2.72. The number of benzene rings is 2. The number of anilines is 4. The van der Waals surface area contributed by atoms with E-state index in [1.165, 1.54) is 218 Å². The van der Waals surface area contributed by atoms with Crippen molar-refractivity contribution in [2.45, 2.75) is 294 Å². The fourth-order valence-corrected chi connectivity index (χ4v) is 12.1. The van der Waals surface area contributed by atoms with Gasteiger partial charge in [0, 0.05) is 12.8 Å². The Labute approximate surface area is 466 Å². The van der Waals surface area contributed by atoms with E-state index in [1.807, 2.05) is 24.3 Å². The Balaban J connectivity index is 0.000000480. The molecular weight excluding hydrogens is 953 g/mol. The Morgan fingerprint density at radius 2 is 0.465 bits per heavy atom. The first-order chi connectivity index (χ1) is 34.0. The number of unbranched alkanes of at least 4 members (excludes halogenated alkanes) is 38. The van der Waals surface area contributed by atoms with Gasteiger partial charge in [0.25, 0.3) is 0 Å². The molecule has 2 aromatic carbocycles. The van der Waals surface area contributed by atoms with Gasteiger partial charge >= 0.3 is 37.7 Å². The van der Waals surface area contributed by atoms with Crippen LogP contribution in [-0.4, -0.2) is 73.7 Å². The normalized spacial score (nSPS) is 14.3. The van der Waals surface area contributed by atoms with Crippen LogP contribution in [0.3, 0.4) is 0 Å². The van der Waals surface area contributed by atoms with Gasteiger partial charge in [-0.05, 0) is 37.1 Å². The molecule has 13 heteroatoms. The Morgan fingerprint density at radius 1 is 0.310 bits per heavy atom. The SMILES string of the molecule is CCCCCCCCCCCCCCCCCCCCCCC1(S(=O)(=O)[O-])Nc2ccccc2N1.CCCCCCCCCCCCCCCCCCCCCCC1(S(=O)(=O)[O-])Nc2ccccc2N1.[Ca+2]. The van der Waals surface area contributed by atoms with Crippen LogP contribution >= 0.6 is 0 Å². The zero-order valence-corrected chi connectivity index (χ0v) is 49.1. The summed E-state index contributed by atoms with van der Waals surface area (Å²) in [6, 6.07) is 14.5. The molecule has 0 saturated carbocycles. The second kappa shape index (κ2) is 40.0. The quantitative estimate of drug-likeness (QED) is 0.0285. The summed E-state index contributed by atoms with van der Waals surface area (Å²) in [4.78, 5) is -3.21. The Kier molecular flexibility index (Phi) is 37.1. The Morgan fingerprint density at radius 3 is 0.620 bits per heavy atom. The zero-order valence-electron chi connectivity index (χ0n) is 45.3. The van der Waals surface area contributed by atoms with Crippen LogP contribution in [0, 0.1) is 0 Å². The molecular formula is C58H102CaN4O6S2. The minimum atomic E-state index is -4.53. The molecule has 0 atom stereocenters. The maximum atomic E-state index is 12.0. The molecule has 0 aliphatic carbocycles. The van der Waals surface area contributed by atoms with Gasteiger partial charge < -0.3 is 30.4 Å². The van der Waals surface area contributed by atoms with E-state index in [9.17, 15) is 25.9 Å². The molecule has 0 saturated heterocycles. The zero-order chi connectivity index (χ0) is 50.5. The van der Waals surface area contributed by atoms with Crippen LogP contribution in [-0.2, 0) is 20.2 Å². The molecule has 0 unspecified atom stereocenters. The average molecular weight is 1060 g/mol. The predicted molar refractivity (Wildman–Crippen MR) is 303 cm³/mol. The van der Waals surface area contributed by atoms with E-state index < -0.39 is 30.2 Å². The average Bonchev–Trinajstić information content (AvgIpc) is 3.93. The van der Waals surface area contributed by atoms with Crippen molar-refractivity contribution in [3.63, 3.8) is 0 Å². The summed E-state index contributed by atoms with van der Waals surface area (Å²) in [5.74, 6) is 0. The third-order valence-electron chi connectivity index (χ3n) is 14.8. The van der Waals surface area contributed by atoms with Crippen molar-refractivity contribution in [3.8, 4) is 0 Å². The van der Waals surface area contributed by atoms with Gasteiger partial charge in [0.2, 0.25) is 9.99 Å². The van der Waals surface area contributed by atoms with Gasteiger partial charge in [0.1, 0.15) is 20.2 Å². The van der Waals surface area contributed by atoms with Crippen LogP contribution in [0.4, 0.5) is 22.7 Å². The van der Waals surface area contributed by atoms with Gasteiger partial charge in [-0.1, -0.05) is 282 Å². The number of nitrogens with one attached hydrogen (secondary N) is 4. The molecule has 0 bridgehead atoms. The fraction of sp³-hybridized carbons (Fsp3) is 0.793. The van der Waals surface area contributed by atoms with E-state index in [1.54, 1.807) is 24.3 Å². The second-order valence-corrected chi connectivity index (χ2v) is 24.3. The van der Waals surface area contributed by atoms with Crippen molar-refractivity contribution in [2.75, 3.05) is 21.3 Å². The molecule has 2 aliphatic rings. The molecule has 0 aromatic heterocycles. The Bertz CT molecular complexity index is 1650. The van der Waals surface area contributed by atoms with E-state index in [0.717, 1.165) is 25.7 Å². The molecule has 2 aliphatic heterocycles. The predicted octanol–water partition coefficient (Wildman–Crippen LogP) is 17.5. The minimum Gasteiger partial charge on any atom is -0.745 e. The van der Waals surface area contributed by atoms with Gasteiger partial charge in [0.05, 0.1) is 22.7 Å².